The minimum absolute atomic E-state index is 0.731. The summed E-state index contributed by atoms with van der Waals surface area (Å²) < 4.78 is 0. The normalized spacial score (nSPS) is 30.4. The average Bonchev–Trinajstić information content (AvgIpc) is 2.55. The monoisotopic (exact) mass is 187 g/mol. The SMILES string of the molecule is CCN1CCC2CC1c1ccccc12. The Labute approximate surface area is 85.7 Å². The smallest absolute Gasteiger partial charge is 0.0356 e. The van der Waals surface area contributed by atoms with Gasteiger partial charge in [-0.15, -0.1) is 0 Å². The Hall–Kier alpha value is -0.820. The first-order chi connectivity index (χ1) is 6.90. The lowest BCUT2D eigenvalue weighted by Crippen LogP contribution is -2.31. The van der Waals surface area contributed by atoms with Crippen LogP contribution in [0, 0.1) is 0 Å². The number of hydrogen-bond donors (Lipinski definition) is 0. The van der Waals surface area contributed by atoms with Gasteiger partial charge < -0.3 is 0 Å². The highest BCUT2D eigenvalue weighted by atomic mass is 15.2. The van der Waals surface area contributed by atoms with Gasteiger partial charge >= 0.3 is 0 Å². The molecule has 74 valence electrons. The van der Waals surface area contributed by atoms with E-state index in [-0.39, 0.29) is 0 Å². The first-order valence-corrected chi connectivity index (χ1v) is 5.73. The van der Waals surface area contributed by atoms with Crippen LogP contribution >= 0.6 is 0 Å². The standard InChI is InChI=1S/C13H17N/c1-2-14-8-7-10-9-13(14)12-6-4-3-5-11(10)12/h3-6,10,13H,2,7-9H2,1H3. The third-order valence-electron chi connectivity index (χ3n) is 3.91. The minimum Gasteiger partial charge on any atom is -0.297 e. The third kappa shape index (κ3) is 1.05. The summed E-state index contributed by atoms with van der Waals surface area (Å²) in [5, 5.41) is 0. The van der Waals surface area contributed by atoms with E-state index in [1.165, 1.54) is 25.9 Å². The largest absolute Gasteiger partial charge is 0.297 e. The van der Waals surface area contributed by atoms with Crippen LogP contribution < -0.4 is 0 Å². The first-order valence-electron chi connectivity index (χ1n) is 5.73. The van der Waals surface area contributed by atoms with Crippen molar-refractivity contribution in [2.75, 3.05) is 13.1 Å². The van der Waals surface area contributed by atoms with Gasteiger partial charge in [0, 0.05) is 6.04 Å². The van der Waals surface area contributed by atoms with Crippen molar-refractivity contribution in [1.82, 2.24) is 4.90 Å². The maximum atomic E-state index is 2.63. The van der Waals surface area contributed by atoms with Crippen LogP contribution in [0.2, 0.25) is 0 Å². The molecular formula is C13H17N. The third-order valence-corrected chi connectivity index (χ3v) is 3.91. The first kappa shape index (κ1) is 8.49. The van der Waals surface area contributed by atoms with Gasteiger partial charge in [0.25, 0.3) is 0 Å². The van der Waals surface area contributed by atoms with E-state index in [0.29, 0.717) is 0 Å². The molecule has 0 radical (unpaired) electrons. The summed E-state index contributed by atoms with van der Waals surface area (Å²) in [6, 6.07) is 9.77. The van der Waals surface area contributed by atoms with E-state index in [9.17, 15) is 0 Å². The van der Waals surface area contributed by atoms with Gasteiger partial charge in [-0.25, -0.2) is 0 Å². The topological polar surface area (TPSA) is 3.24 Å². The van der Waals surface area contributed by atoms with Gasteiger partial charge in [-0.1, -0.05) is 31.2 Å². The summed E-state index contributed by atoms with van der Waals surface area (Å²) in [5.74, 6) is 0.860. The van der Waals surface area contributed by atoms with E-state index in [2.05, 4.69) is 36.1 Å². The molecule has 0 N–H and O–H groups in total. The van der Waals surface area contributed by atoms with Crippen molar-refractivity contribution in [2.45, 2.75) is 31.7 Å². The Balaban J connectivity index is 2.05. The molecule has 2 unspecified atom stereocenters. The lowest BCUT2D eigenvalue weighted by molar-refractivity contribution is 0.161. The van der Waals surface area contributed by atoms with E-state index in [1.807, 2.05) is 0 Å². The molecule has 1 aromatic rings. The molecule has 2 aliphatic rings. The second kappa shape index (κ2) is 3.09. The van der Waals surface area contributed by atoms with Crippen molar-refractivity contribution in [2.24, 2.45) is 0 Å². The number of piperidine rings is 1. The molecule has 1 aromatic carbocycles. The highest BCUT2D eigenvalue weighted by molar-refractivity contribution is 5.39. The molecule has 1 fully saturated rings. The van der Waals surface area contributed by atoms with Gasteiger partial charge in [-0.2, -0.15) is 0 Å². The van der Waals surface area contributed by atoms with Crippen molar-refractivity contribution in [3.8, 4) is 0 Å². The van der Waals surface area contributed by atoms with E-state index < -0.39 is 0 Å². The second-order valence-corrected chi connectivity index (χ2v) is 4.49. The van der Waals surface area contributed by atoms with Crippen LogP contribution in [0.4, 0.5) is 0 Å². The summed E-state index contributed by atoms with van der Waals surface area (Å²) in [7, 11) is 0. The van der Waals surface area contributed by atoms with Gasteiger partial charge in [0.2, 0.25) is 0 Å². The molecule has 1 saturated heterocycles. The van der Waals surface area contributed by atoms with Crippen molar-refractivity contribution in [3.63, 3.8) is 0 Å². The Bertz CT molecular complexity index is 345. The lowest BCUT2D eigenvalue weighted by atomic mass is 9.95. The minimum atomic E-state index is 0.731. The van der Waals surface area contributed by atoms with E-state index in [0.717, 1.165) is 12.0 Å². The number of likely N-dealkylation sites (tertiary alicyclic amines) is 1. The molecule has 3 rings (SSSR count). The van der Waals surface area contributed by atoms with Crippen LogP contribution in [0.25, 0.3) is 0 Å². The van der Waals surface area contributed by atoms with Gasteiger partial charge in [0.1, 0.15) is 0 Å². The predicted molar refractivity (Wildman–Crippen MR) is 58.4 cm³/mol. The van der Waals surface area contributed by atoms with E-state index >= 15 is 0 Å². The molecule has 2 bridgehead atoms. The number of nitrogens with zero attached hydrogens (tertiary/aromatic N) is 1. The van der Waals surface area contributed by atoms with Crippen molar-refractivity contribution in [1.29, 1.82) is 0 Å². The number of hydrogen-bond acceptors (Lipinski definition) is 1. The van der Waals surface area contributed by atoms with Gasteiger partial charge in [-0.05, 0) is 43.0 Å². The summed E-state index contributed by atoms with van der Waals surface area (Å²) in [5.41, 5.74) is 3.24. The predicted octanol–water partition coefficient (Wildman–Crippen LogP) is 2.94. The van der Waals surface area contributed by atoms with Crippen LogP contribution in [0.15, 0.2) is 24.3 Å². The Morgan fingerprint density at radius 1 is 1.29 bits per heavy atom. The maximum Gasteiger partial charge on any atom is 0.0356 e. The molecule has 1 aliphatic heterocycles. The fourth-order valence-corrected chi connectivity index (χ4v) is 3.18. The van der Waals surface area contributed by atoms with E-state index in [4.69, 9.17) is 0 Å². The summed E-state index contributed by atoms with van der Waals surface area (Å²) in [4.78, 5) is 2.63. The quantitative estimate of drug-likeness (QED) is 0.653. The summed E-state index contributed by atoms with van der Waals surface area (Å²) in [6.07, 6.45) is 2.73. The molecule has 1 heterocycles. The van der Waals surface area contributed by atoms with Crippen molar-refractivity contribution in [3.05, 3.63) is 35.4 Å². The highest BCUT2D eigenvalue weighted by Crippen LogP contribution is 2.48. The van der Waals surface area contributed by atoms with Crippen LogP contribution in [-0.4, -0.2) is 18.0 Å². The number of rotatable bonds is 1. The molecule has 0 aromatic heterocycles. The summed E-state index contributed by atoms with van der Waals surface area (Å²) >= 11 is 0. The van der Waals surface area contributed by atoms with Crippen LogP contribution in [-0.2, 0) is 0 Å². The fraction of sp³-hybridized carbons (Fsp3) is 0.538. The lowest BCUT2D eigenvalue weighted by Gasteiger charge is -2.32. The molecular weight excluding hydrogens is 170 g/mol. The molecule has 0 spiro atoms. The number of fused-ring (bicyclic) bond motifs is 5. The Morgan fingerprint density at radius 2 is 2.07 bits per heavy atom. The van der Waals surface area contributed by atoms with Crippen molar-refractivity contribution < 1.29 is 0 Å². The Morgan fingerprint density at radius 3 is 2.86 bits per heavy atom. The van der Waals surface area contributed by atoms with Gasteiger partial charge in [-0.3, -0.25) is 4.90 Å². The zero-order valence-corrected chi connectivity index (χ0v) is 8.74. The molecule has 1 heteroatoms. The summed E-state index contributed by atoms with van der Waals surface area (Å²) in [6.45, 7) is 4.77. The molecule has 0 saturated carbocycles. The molecule has 0 amide bonds. The van der Waals surface area contributed by atoms with Gasteiger partial charge in [0.05, 0.1) is 0 Å². The maximum absolute atomic E-state index is 2.63. The zero-order chi connectivity index (χ0) is 9.54. The number of benzene rings is 1. The van der Waals surface area contributed by atoms with Crippen molar-refractivity contribution >= 4 is 0 Å². The molecule has 2 atom stereocenters. The van der Waals surface area contributed by atoms with Crippen LogP contribution in [0.1, 0.15) is 42.9 Å². The zero-order valence-electron chi connectivity index (χ0n) is 8.74. The van der Waals surface area contributed by atoms with Gasteiger partial charge in [0.15, 0.2) is 0 Å². The molecule has 14 heavy (non-hydrogen) atoms. The fourth-order valence-electron chi connectivity index (χ4n) is 3.18. The van der Waals surface area contributed by atoms with Crippen LogP contribution in [0.5, 0.6) is 0 Å². The molecule has 1 nitrogen and oxygen atoms in total. The highest BCUT2D eigenvalue weighted by Gasteiger charge is 2.37. The molecule has 1 aliphatic carbocycles. The second-order valence-electron chi connectivity index (χ2n) is 4.49. The average molecular weight is 187 g/mol. The van der Waals surface area contributed by atoms with E-state index in [1.54, 1.807) is 11.1 Å². The van der Waals surface area contributed by atoms with Crippen LogP contribution in [0.3, 0.4) is 0 Å². The Kier molecular flexibility index (Phi) is 1.88.